The number of hydrogen-bond acceptors (Lipinski definition) is 4. The van der Waals surface area contributed by atoms with Crippen LogP contribution in [0.25, 0.3) is 0 Å². The maximum atomic E-state index is 5.36. The van der Waals surface area contributed by atoms with E-state index in [1.54, 1.807) is 6.20 Å². The Morgan fingerprint density at radius 1 is 1.44 bits per heavy atom. The van der Waals surface area contributed by atoms with Gasteiger partial charge in [0.2, 0.25) is 0 Å². The molecule has 0 radical (unpaired) electrons. The molecule has 0 bridgehead atoms. The van der Waals surface area contributed by atoms with Crippen molar-refractivity contribution in [3.8, 4) is 0 Å². The van der Waals surface area contributed by atoms with Gasteiger partial charge in [-0.05, 0) is 20.8 Å². The van der Waals surface area contributed by atoms with Crippen LogP contribution in [-0.2, 0) is 4.74 Å². The van der Waals surface area contributed by atoms with Crippen LogP contribution in [0.2, 0.25) is 0 Å². The third-order valence-corrected chi connectivity index (χ3v) is 2.09. The minimum Gasteiger partial charge on any atom is -0.375 e. The Morgan fingerprint density at radius 3 is 2.81 bits per heavy atom. The van der Waals surface area contributed by atoms with Gasteiger partial charge < -0.3 is 10.1 Å². The van der Waals surface area contributed by atoms with Crippen LogP contribution in [0.15, 0.2) is 18.3 Å². The van der Waals surface area contributed by atoms with Crippen molar-refractivity contribution in [3.05, 3.63) is 29.7 Å². The molecule has 0 amide bonds. The molecule has 0 atom stereocenters. The lowest BCUT2D eigenvalue weighted by molar-refractivity contribution is 0.167. The summed E-state index contributed by atoms with van der Waals surface area (Å²) in [5, 5.41) is 3.16. The summed E-state index contributed by atoms with van der Waals surface area (Å²) >= 11 is 0. The van der Waals surface area contributed by atoms with Gasteiger partial charge in [0.25, 0.3) is 0 Å². The molecule has 1 aromatic heterocycles. The van der Waals surface area contributed by atoms with E-state index in [0.717, 1.165) is 29.3 Å². The Labute approximate surface area is 96.8 Å². The molecule has 0 unspecified atom stereocenters. The molecule has 0 fully saturated rings. The lowest BCUT2D eigenvalue weighted by Gasteiger charge is -2.07. The van der Waals surface area contributed by atoms with E-state index < -0.39 is 0 Å². The van der Waals surface area contributed by atoms with E-state index in [2.05, 4.69) is 21.9 Å². The minimum atomic E-state index is 0.611. The van der Waals surface area contributed by atoms with E-state index >= 15 is 0 Å². The van der Waals surface area contributed by atoms with Gasteiger partial charge in [-0.1, -0.05) is 12.2 Å². The van der Waals surface area contributed by atoms with Gasteiger partial charge in [0.1, 0.15) is 5.82 Å². The van der Waals surface area contributed by atoms with Crippen LogP contribution >= 0.6 is 0 Å². The molecule has 1 heterocycles. The fourth-order valence-corrected chi connectivity index (χ4v) is 1.12. The quantitative estimate of drug-likeness (QED) is 0.590. The van der Waals surface area contributed by atoms with Crippen molar-refractivity contribution < 1.29 is 4.74 Å². The first-order chi connectivity index (χ1) is 7.59. The summed E-state index contributed by atoms with van der Waals surface area (Å²) in [7, 11) is 0. The van der Waals surface area contributed by atoms with Crippen LogP contribution in [0, 0.1) is 13.8 Å². The zero-order chi connectivity index (χ0) is 12.0. The fourth-order valence-electron chi connectivity index (χ4n) is 1.12. The monoisotopic (exact) mass is 221 g/mol. The summed E-state index contributed by atoms with van der Waals surface area (Å²) in [6.45, 7) is 11.6. The third kappa shape index (κ3) is 4.40. The number of aryl methyl sites for hydroxylation is 2. The maximum absolute atomic E-state index is 5.36. The Bertz CT molecular complexity index is 363. The highest BCUT2D eigenvalue weighted by Gasteiger charge is 1.98. The second-order valence-electron chi connectivity index (χ2n) is 3.86. The molecular weight excluding hydrogens is 202 g/mol. The highest BCUT2D eigenvalue weighted by Crippen LogP contribution is 2.04. The molecule has 0 aliphatic rings. The van der Waals surface area contributed by atoms with Crippen LogP contribution < -0.4 is 5.32 Å². The van der Waals surface area contributed by atoms with Crippen molar-refractivity contribution in [3.63, 3.8) is 0 Å². The van der Waals surface area contributed by atoms with Gasteiger partial charge in [0, 0.05) is 6.54 Å². The molecule has 0 aliphatic carbocycles. The first-order valence-corrected chi connectivity index (χ1v) is 5.36. The topological polar surface area (TPSA) is 47.0 Å². The molecule has 4 heteroatoms. The number of ether oxygens (including phenoxy) is 1. The fraction of sp³-hybridized carbons (Fsp3) is 0.500. The number of nitrogens with zero attached hydrogens (tertiary/aromatic N) is 2. The van der Waals surface area contributed by atoms with E-state index in [0.29, 0.717) is 13.2 Å². The highest BCUT2D eigenvalue weighted by molar-refractivity contribution is 5.33. The molecule has 1 aromatic rings. The van der Waals surface area contributed by atoms with Gasteiger partial charge >= 0.3 is 0 Å². The van der Waals surface area contributed by atoms with Gasteiger partial charge in [0.05, 0.1) is 30.8 Å². The Kier molecular flexibility index (Phi) is 4.92. The van der Waals surface area contributed by atoms with Crippen LogP contribution in [0.5, 0.6) is 0 Å². The molecule has 1 N–H and O–H groups in total. The summed E-state index contributed by atoms with van der Waals surface area (Å²) in [4.78, 5) is 8.58. The molecule has 0 spiro atoms. The first-order valence-electron chi connectivity index (χ1n) is 5.36. The lowest BCUT2D eigenvalue weighted by Crippen LogP contribution is -2.12. The molecule has 88 valence electrons. The lowest BCUT2D eigenvalue weighted by atomic mass is 10.3. The van der Waals surface area contributed by atoms with E-state index in [-0.39, 0.29) is 0 Å². The largest absolute Gasteiger partial charge is 0.375 e. The first kappa shape index (κ1) is 12.6. The van der Waals surface area contributed by atoms with Crippen molar-refractivity contribution in [2.45, 2.75) is 20.8 Å². The van der Waals surface area contributed by atoms with Crippen LogP contribution in [0.4, 0.5) is 5.82 Å². The van der Waals surface area contributed by atoms with E-state index in [4.69, 9.17) is 4.74 Å². The molecule has 16 heavy (non-hydrogen) atoms. The number of nitrogens with one attached hydrogen (secondary N) is 1. The average Bonchev–Trinajstić information content (AvgIpc) is 2.22. The van der Waals surface area contributed by atoms with Gasteiger partial charge in [-0.15, -0.1) is 0 Å². The van der Waals surface area contributed by atoms with Crippen molar-refractivity contribution in [1.82, 2.24) is 9.97 Å². The van der Waals surface area contributed by atoms with E-state index in [9.17, 15) is 0 Å². The van der Waals surface area contributed by atoms with Crippen molar-refractivity contribution in [1.29, 1.82) is 0 Å². The summed E-state index contributed by atoms with van der Waals surface area (Å²) < 4.78 is 5.36. The Balaban J connectivity index is 2.27. The standard InChI is InChI=1S/C12H19N3O/c1-9(2)8-16-6-5-13-12-7-14-10(3)11(4)15-12/h7H,1,5-6,8H2,2-4H3,(H,13,15). The maximum Gasteiger partial charge on any atom is 0.144 e. The number of rotatable bonds is 6. The molecule has 1 rings (SSSR count). The van der Waals surface area contributed by atoms with Crippen LogP contribution in [-0.4, -0.2) is 29.7 Å². The van der Waals surface area contributed by atoms with E-state index in [1.165, 1.54) is 0 Å². The summed E-state index contributed by atoms with van der Waals surface area (Å²) in [5.74, 6) is 0.794. The molecule has 0 aliphatic heterocycles. The van der Waals surface area contributed by atoms with Crippen LogP contribution in [0.3, 0.4) is 0 Å². The third-order valence-electron chi connectivity index (χ3n) is 2.09. The average molecular weight is 221 g/mol. The second-order valence-corrected chi connectivity index (χ2v) is 3.86. The van der Waals surface area contributed by atoms with Crippen molar-refractivity contribution in [2.24, 2.45) is 0 Å². The number of hydrogen-bond donors (Lipinski definition) is 1. The molecule has 0 saturated carbocycles. The summed E-state index contributed by atoms with van der Waals surface area (Å²) in [6, 6.07) is 0. The summed E-state index contributed by atoms with van der Waals surface area (Å²) in [5.41, 5.74) is 2.95. The summed E-state index contributed by atoms with van der Waals surface area (Å²) in [6.07, 6.45) is 1.74. The Hall–Kier alpha value is -1.42. The zero-order valence-corrected chi connectivity index (χ0v) is 10.2. The number of aromatic nitrogens is 2. The highest BCUT2D eigenvalue weighted by atomic mass is 16.5. The predicted octanol–water partition coefficient (Wildman–Crippen LogP) is 2.10. The van der Waals surface area contributed by atoms with Gasteiger partial charge in [-0.3, -0.25) is 4.98 Å². The van der Waals surface area contributed by atoms with Gasteiger partial charge in [-0.2, -0.15) is 0 Å². The van der Waals surface area contributed by atoms with Gasteiger partial charge in [-0.25, -0.2) is 4.98 Å². The van der Waals surface area contributed by atoms with Crippen molar-refractivity contribution >= 4 is 5.82 Å². The Morgan fingerprint density at radius 2 is 2.19 bits per heavy atom. The smallest absolute Gasteiger partial charge is 0.144 e. The normalized spacial score (nSPS) is 10.2. The minimum absolute atomic E-state index is 0.611. The number of anilines is 1. The van der Waals surface area contributed by atoms with Gasteiger partial charge in [0.15, 0.2) is 0 Å². The SMILES string of the molecule is C=C(C)COCCNc1cnc(C)c(C)n1. The van der Waals surface area contributed by atoms with E-state index in [1.807, 2.05) is 20.8 Å². The zero-order valence-electron chi connectivity index (χ0n) is 10.2. The van der Waals surface area contributed by atoms with Crippen LogP contribution in [0.1, 0.15) is 18.3 Å². The van der Waals surface area contributed by atoms with Crippen molar-refractivity contribution in [2.75, 3.05) is 25.1 Å². The molecule has 0 aromatic carbocycles. The predicted molar refractivity (Wildman–Crippen MR) is 65.6 cm³/mol. The molecule has 4 nitrogen and oxygen atoms in total. The molecule has 0 saturated heterocycles. The molecular formula is C12H19N3O. The second kappa shape index (κ2) is 6.23.